The number of nitrogens with two attached hydrogens (primary N) is 1. The van der Waals surface area contributed by atoms with E-state index in [0.717, 1.165) is 37.6 Å². The maximum atomic E-state index is 5.74. The molecule has 3 heteroatoms. The number of hydrogen-bond donors (Lipinski definition) is 1. The predicted molar refractivity (Wildman–Crippen MR) is 76.8 cm³/mol. The Kier molecular flexibility index (Phi) is 6.76. The minimum absolute atomic E-state index is 0.582. The lowest BCUT2D eigenvalue weighted by atomic mass is 10.2. The molecule has 3 nitrogen and oxygen atoms in total. The molecule has 0 aliphatic rings. The third-order valence-corrected chi connectivity index (χ3v) is 2.91. The highest BCUT2D eigenvalue weighted by Gasteiger charge is 2.04. The van der Waals surface area contributed by atoms with Crippen LogP contribution in [0.3, 0.4) is 0 Å². The SMILES string of the molecule is CCN(CCOc1ccc(CN)cc1)CC(C)C. The summed E-state index contributed by atoms with van der Waals surface area (Å²) in [4.78, 5) is 2.42. The van der Waals surface area contributed by atoms with Gasteiger partial charge in [-0.15, -0.1) is 0 Å². The van der Waals surface area contributed by atoms with Crippen molar-refractivity contribution in [2.45, 2.75) is 27.3 Å². The Bertz CT molecular complexity index is 322. The van der Waals surface area contributed by atoms with Crippen molar-refractivity contribution in [1.29, 1.82) is 0 Å². The first kappa shape index (κ1) is 15.0. The molecule has 1 rings (SSSR count). The Labute approximate surface area is 111 Å². The lowest BCUT2D eigenvalue weighted by Crippen LogP contribution is -2.31. The fourth-order valence-corrected chi connectivity index (χ4v) is 1.91. The Hall–Kier alpha value is -1.06. The second kappa shape index (κ2) is 8.11. The highest BCUT2D eigenvalue weighted by Crippen LogP contribution is 2.11. The van der Waals surface area contributed by atoms with Crippen LogP contribution in [0.25, 0.3) is 0 Å². The van der Waals surface area contributed by atoms with Gasteiger partial charge in [-0.05, 0) is 30.2 Å². The van der Waals surface area contributed by atoms with Crippen LogP contribution in [0.2, 0.25) is 0 Å². The molecule has 1 aromatic rings. The molecule has 18 heavy (non-hydrogen) atoms. The monoisotopic (exact) mass is 250 g/mol. The predicted octanol–water partition coefficient (Wildman–Crippen LogP) is 2.50. The summed E-state index contributed by atoms with van der Waals surface area (Å²) in [5, 5.41) is 0. The third-order valence-electron chi connectivity index (χ3n) is 2.91. The molecule has 1 aromatic carbocycles. The summed E-state index contributed by atoms with van der Waals surface area (Å²) < 4.78 is 5.74. The minimum Gasteiger partial charge on any atom is -0.492 e. The number of nitrogens with zero attached hydrogens (tertiary/aromatic N) is 1. The number of rotatable bonds is 8. The number of benzene rings is 1. The molecule has 102 valence electrons. The van der Waals surface area contributed by atoms with Crippen LogP contribution < -0.4 is 10.5 Å². The molecule has 0 bridgehead atoms. The second-order valence-electron chi connectivity index (χ2n) is 4.98. The molecule has 0 atom stereocenters. The van der Waals surface area contributed by atoms with Gasteiger partial charge in [-0.1, -0.05) is 32.9 Å². The van der Waals surface area contributed by atoms with E-state index in [9.17, 15) is 0 Å². The Balaban J connectivity index is 2.31. The van der Waals surface area contributed by atoms with Crippen molar-refractivity contribution in [3.8, 4) is 5.75 Å². The Morgan fingerprint density at radius 3 is 2.39 bits per heavy atom. The van der Waals surface area contributed by atoms with Crippen LogP contribution in [0.15, 0.2) is 24.3 Å². The summed E-state index contributed by atoms with van der Waals surface area (Å²) in [5.74, 6) is 1.63. The molecular weight excluding hydrogens is 224 g/mol. The van der Waals surface area contributed by atoms with Crippen LogP contribution in [-0.4, -0.2) is 31.1 Å². The number of likely N-dealkylation sites (N-methyl/N-ethyl adjacent to an activating group) is 1. The zero-order valence-corrected chi connectivity index (χ0v) is 11.9. The number of hydrogen-bond acceptors (Lipinski definition) is 3. The molecule has 0 aliphatic heterocycles. The zero-order chi connectivity index (χ0) is 13.4. The van der Waals surface area contributed by atoms with E-state index in [-0.39, 0.29) is 0 Å². The minimum atomic E-state index is 0.582. The summed E-state index contributed by atoms with van der Waals surface area (Å²) in [5.41, 5.74) is 6.69. The molecule has 0 amide bonds. The highest BCUT2D eigenvalue weighted by molar-refractivity contribution is 5.27. The molecule has 0 aromatic heterocycles. The van der Waals surface area contributed by atoms with Gasteiger partial charge in [-0.2, -0.15) is 0 Å². The summed E-state index contributed by atoms with van der Waals surface area (Å²) in [6, 6.07) is 8.00. The normalized spacial score (nSPS) is 11.2. The van der Waals surface area contributed by atoms with E-state index in [1.807, 2.05) is 24.3 Å². The van der Waals surface area contributed by atoms with Gasteiger partial charge < -0.3 is 10.5 Å². The van der Waals surface area contributed by atoms with Gasteiger partial charge in [0.1, 0.15) is 12.4 Å². The van der Waals surface area contributed by atoms with Crippen molar-refractivity contribution in [2.24, 2.45) is 11.7 Å². The van der Waals surface area contributed by atoms with Gasteiger partial charge in [-0.25, -0.2) is 0 Å². The quantitative estimate of drug-likeness (QED) is 0.770. The molecular formula is C15H26N2O. The van der Waals surface area contributed by atoms with E-state index in [1.165, 1.54) is 0 Å². The Morgan fingerprint density at radius 2 is 1.89 bits per heavy atom. The smallest absolute Gasteiger partial charge is 0.119 e. The molecule has 2 N–H and O–H groups in total. The molecule has 0 unspecified atom stereocenters. The van der Waals surface area contributed by atoms with Crippen LogP contribution in [0.1, 0.15) is 26.3 Å². The molecule has 0 heterocycles. The van der Waals surface area contributed by atoms with E-state index in [0.29, 0.717) is 12.5 Å². The van der Waals surface area contributed by atoms with Gasteiger partial charge in [0.2, 0.25) is 0 Å². The van der Waals surface area contributed by atoms with Gasteiger partial charge in [-0.3, -0.25) is 4.90 Å². The van der Waals surface area contributed by atoms with Gasteiger partial charge in [0.25, 0.3) is 0 Å². The van der Waals surface area contributed by atoms with E-state index >= 15 is 0 Å². The lowest BCUT2D eigenvalue weighted by Gasteiger charge is -2.22. The van der Waals surface area contributed by atoms with E-state index in [4.69, 9.17) is 10.5 Å². The first-order valence-corrected chi connectivity index (χ1v) is 6.79. The van der Waals surface area contributed by atoms with Crippen LogP contribution in [0.4, 0.5) is 0 Å². The van der Waals surface area contributed by atoms with Crippen LogP contribution in [-0.2, 0) is 6.54 Å². The summed E-state index contributed by atoms with van der Waals surface area (Å²) in [6.07, 6.45) is 0. The molecule has 0 saturated carbocycles. The topological polar surface area (TPSA) is 38.5 Å². The van der Waals surface area contributed by atoms with Crippen molar-refractivity contribution in [3.05, 3.63) is 29.8 Å². The molecule has 0 fully saturated rings. The largest absolute Gasteiger partial charge is 0.492 e. The fourth-order valence-electron chi connectivity index (χ4n) is 1.91. The third kappa shape index (κ3) is 5.52. The van der Waals surface area contributed by atoms with Gasteiger partial charge in [0.05, 0.1) is 0 Å². The maximum absolute atomic E-state index is 5.74. The highest BCUT2D eigenvalue weighted by atomic mass is 16.5. The maximum Gasteiger partial charge on any atom is 0.119 e. The second-order valence-corrected chi connectivity index (χ2v) is 4.98. The number of ether oxygens (including phenoxy) is 1. The summed E-state index contributed by atoms with van der Waals surface area (Å²) >= 11 is 0. The summed E-state index contributed by atoms with van der Waals surface area (Å²) in [6.45, 7) is 11.2. The zero-order valence-electron chi connectivity index (χ0n) is 11.9. The standard InChI is InChI=1S/C15H26N2O/c1-4-17(12-13(2)3)9-10-18-15-7-5-14(11-16)6-8-15/h5-8,13H,4,9-12,16H2,1-3H3. The molecule has 0 aliphatic carbocycles. The van der Waals surface area contributed by atoms with Crippen LogP contribution >= 0.6 is 0 Å². The first-order valence-electron chi connectivity index (χ1n) is 6.79. The average Bonchev–Trinajstić information content (AvgIpc) is 2.38. The van der Waals surface area contributed by atoms with Crippen molar-refractivity contribution >= 4 is 0 Å². The molecule has 0 saturated heterocycles. The van der Waals surface area contributed by atoms with Crippen LogP contribution in [0.5, 0.6) is 5.75 Å². The van der Waals surface area contributed by atoms with Gasteiger partial charge in [0, 0.05) is 19.6 Å². The van der Waals surface area contributed by atoms with Gasteiger partial charge in [0.15, 0.2) is 0 Å². The molecule has 0 spiro atoms. The van der Waals surface area contributed by atoms with Crippen molar-refractivity contribution in [1.82, 2.24) is 4.90 Å². The van der Waals surface area contributed by atoms with Gasteiger partial charge >= 0.3 is 0 Å². The van der Waals surface area contributed by atoms with Crippen molar-refractivity contribution in [3.63, 3.8) is 0 Å². The van der Waals surface area contributed by atoms with Crippen molar-refractivity contribution < 1.29 is 4.74 Å². The first-order chi connectivity index (χ1) is 8.65. The lowest BCUT2D eigenvalue weighted by molar-refractivity contribution is 0.200. The van der Waals surface area contributed by atoms with E-state index < -0.39 is 0 Å². The summed E-state index contributed by atoms with van der Waals surface area (Å²) in [7, 11) is 0. The van der Waals surface area contributed by atoms with Crippen molar-refractivity contribution in [2.75, 3.05) is 26.2 Å². The Morgan fingerprint density at radius 1 is 1.22 bits per heavy atom. The average molecular weight is 250 g/mol. The van der Waals surface area contributed by atoms with E-state index in [1.54, 1.807) is 0 Å². The molecule has 0 radical (unpaired) electrons. The fraction of sp³-hybridized carbons (Fsp3) is 0.600. The van der Waals surface area contributed by atoms with E-state index in [2.05, 4.69) is 25.7 Å². The van der Waals surface area contributed by atoms with Crippen LogP contribution in [0, 0.1) is 5.92 Å².